The van der Waals surface area contributed by atoms with Crippen LogP contribution in [0.1, 0.15) is 29.5 Å². The molecule has 0 aromatic heterocycles. The molecular weight excluding hydrogens is 466 g/mol. The Bertz CT molecular complexity index is 1270. The molecule has 0 saturated heterocycles. The number of aryl methyl sites for hydroxylation is 1. The summed E-state index contributed by atoms with van der Waals surface area (Å²) in [6.45, 7) is 2.07. The van der Waals surface area contributed by atoms with Crippen LogP contribution in [0.5, 0.6) is 5.75 Å². The van der Waals surface area contributed by atoms with E-state index < -0.39 is 22.1 Å². The van der Waals surface area contributed by atoms with Gasteiger partial charge in [0.15, 0.2) is 0 Å². The molecule has 184 valence electrons. The Morgan fingerprint density at radius 1 is 1.03 bits per heavy atom. The second-order valence-electron chi connectivity index (χ2n) is 8.00. The molecule has 0 heterocycles. The fourth-order valence-corrected chi connectivity index (χ4v) is 4.59. The number of ether oxygens (including phenoxy) is 1. The van der Waals surface area contributed by atoms with Crippen LogP contribution < -0.4 is 9.46 Å². The maximum atomic E-state index is 12.7. The summed E-state index contributed by atoms with van der Waals surface area (Å²) in [7, 11) is -3.71. The molecule has 0 radical (unpaired) electrons. The second-order valence-corrected chi connectivity index (χ2v) is 9.69. The van der Waals surface area contributed by atoms with Crippen molar-refractivity contribution < 1.29 is 28.2 Å². The second kappa shape index (κ2) is 12.2. The Balaban J connectivity index is 1.59. The van der Waals surface area contributed by atoms with Gasteiger partial charge in [-0.1, -0.05) is 60.7 Å². The topological polar surface area (TPSA) is 113 Å². The number of hydrogen-bond donors (Lipinski definition) is 3. The summed E-state index contributed by atoms with van der Waals surface area (Å²) < 4.78 is 33.7. The maximum absolute atomic E-state index is 12.7. The number of aliphatic hydroxyl groups is 1. The zero-order valence-corrected chi connectivity index (χ0v) is 20.2. The van der Waals surface area contributed by atoms with Gasteiger partial charge in [-0.2, -0.15) is 0 Å². The summed E-state index contributed by atoms with van der Waals surface area (Å²) >= 11 is 0. The van der Waals surface area contributed by atoms with Gasteiger partial charge in [0.25, 0.3) is 10.0 Å². The lowest BCUT2D eigenvalue weighted by Gasteiger charge is -2.13. The number of carboxylic acids is 1. The van der Waals surface area contributed by atoms with Gasteiger partial charge in [0.1, 0.15) is 5.75 Å². The first-order valence-electron chi connectivity index (χ1n) is 11.2. The van der Waals surface area contributed by atoms with E-state index in [1.165, 1.54) is 12.1 Å². The first-order valence-corrected chi connectivity index (χ1v) is 12.7. The lowest BCUT2D eigenvalue weighted by molar-refractivity contribution is -0.136. The summed E-state index contributed by atoms with van der Waals surface area (Å²) in [5.74, 6) is -0.258. The minimum Gasteiger partial charge on any atom is -0.493 e. The van der Waals surface area contributed by atoms with E-state index in [0.717, 1.165) is 16.7 Å². The van der Waals surface area contributed by atoms with E-state index in [1.807, 2.05) is 31.2 Å². The van der Waals surface area contributed by atoms with Gasteiger partial charge in [-0.15, -0.1) is 0 Å². The number of rotatable bonds is 12. The molecule has 1 atom stereocenters. The summed E-state index contributed by atoms with van der Waals surface area (Å²) in [5.41, 5.74) is 2.79. The molecule has 7 nitrogen and oxygen atoms in total. The van der Waals surface area contributed by atoms with Crippen LogP contribution in [0, 0.1) is 6.92 Å². The fraction of sp³-hybridized carbons (Fsp3) is 0.222. The Morgan fingerprint density at radius 2 is 1.74 bits per heavy atom. The number of carboxylic acid groups (broad SMARTS) is 1. The highest BCUT2D eigenvalue weighted by atomic mass is 32.2. The summed E-state index contributed by atoms with van der Waals surface area (Å²) in [6.07, 6.45) is 3.34. The van der Waals surface area contributed by atoms with Gasteiger partial charge in [-0.25, -0.2) is 8.42 Å². The largest absolute Gasteiger partial charge is 0.493 e. The van der Waals surface area contributed by atoms with Crippen LogP contribution in [0.4, 0.5) is 5.69 Å². The Hall–Kier alpha value is -3.62. The quantitative estimate of drug-likeness (QED) is 0.337. The summed E-state index contributed by atoms with van der Waals surface area (Å²) in [6, 6.07) is 20.7. The molecule has 0 amide bonds. The van der Waals surface area contributed by atoms with Crippen molar-refractivity contribution in [1.82, 2.24) is 0 Å². The van der Waals surface area contributed by atoms with Crippen molar-refractivity contribution in [3.8, 4) is 5.75 Å². The molecular formula is C27H29NO6S. The molecule has 35 heavy (non-hydrogen) atoms. The van der Waals surface area contributed by atoms with Gasteiger partial charge in [-0.3, -0.25) is 9.52 Å². The molecule has 0 aliphatic heterocycles. The van der Waals surface area contributed by atoms with Crippen molar-refractivity contribution in [3.05, 3.63) is 95.6 Å². The van der Waals surface area contributed by atoms with Crippen molar-refractivity contribution in [2.75, 3.05) is 11.3 Å². The van der Waals surface area contributed by atoms with Crippen molar-refractivity contribution in [2.45, 2.75) is 37.2 Å². The normalized spacial score (nSPS) is 12.4. The van der Waals surface area contributed by atoms with Gasteiger partial charge in [0.05, 0.1) is 23.3 Å². The minimum atomic E-state index is -3.71. The van der Waals surface area contributed by atoms with Gasteiger partial charge in [0, 0.05) is 12.8 Å². The molecule has 0 bridgehead atoms. The number of sulfonamides is 1. The molecule has 8 heteroatoms. The SMILES string of the molecule is Cc1c(/C=C/[C@H](O)CCOc2ccccc2CCC(=O)O)cccc1NS(=O)(=O)c1ccccc1. The zero-order chi connectivity index (χ0) is 25.3. The lowest BCUT2D eigenvalue weighted by atomic mass is 10.1. The number of para-hydroxylation sites is 1. The van der Waals surface area contributed by atoms with Crippen molar-refractivity contribution in [3.63, 3.8) is 0 Å². The van der Waals surface area contributed by atoms with Gasteiger partial charge in [0.2, 0.25) is 0 Å². The molecule has 3 rings (SSSR count). The highest BCUT2D eigenvalue weighted by Gasteiger charge is 2.15. The van der Waals surface area contributed by atoms with Crippen molar-refractivity contribution in [2.24, 2.45) is 0 Å². The molecule has 0 unspecified atom stereocenters. The van der Waals surface area contributed by atoms with Crippen LogP contribution in [0.25, 0.3) is 6.08 Å². The number of aliphatic carboxylic acids is 1. The zero-order valence-electron chi connectivity index (χ0n) is 19.4. The third kappa shape index (κ3) is 7.70. The third-order valence-corrected chi connectivity index (χ3v) is 6.80. The average Bonchev–Trinajstić information content (AvgIpc) is 2.84. The van der Waals surface area contributed by atoms with Gasteiger partial charge < -0.3 is 14.9 Å². The molecule has 0 aliphatic carbocycles. The minimum absolute atomic E-state index is 0.0195. The Morgan fingerprint density at radius 3 is 2.49 bits per heavy atom. The van der Waals surface area contributed by atoms with Crippen LogP contribution >= 0.6 is 0 Å². The van der Waals surface area contributed by atoms with Crippen molar-refractivity contribution in [1.29, 1.82) is 0 Å². The van der Waals surface area contributed by atoms with E-state index in [1.54, 1.807) is 48.6 Å². The lowest BCUT2D eigenvalue weighted by Crippen LogP contribution is -2.14. The average molecular weight is 496 g/mol. The number of nitrogens with one attached hydrogen (secondary N) is 1. The molecule has 3 aromatic rings. The predicted octanol–water partition coefficient (Wildman–Crippen LogP) is 4.66. The van der Waals surface area contributed by atoms with Gasteiger partial charge >= 0.3 is 5.97 Å². The van der Waals surface area contributed by atoms with Crippen molar-refractivity contribution >= 4 is 27.8 Å². The first kappa shape index (κ1) is 26.0. The smallest absolute Gasteiger partial charge is 0.303 e. The third-order valence-electron chi connectivity index (χ3n) is 5.42. The predicted molar refractivity (Wildman–Crippen MR) is 136 cm³/mol. The molecule has 0 spiro atoms. The molecule has 0 aliphatic rings. The number of benzene rings is 3. The van der Waals surface area contributed by atoms with Crippen LogP contribution in [-0.2, 0) is 21.2 Å². The van der Waals surface area contributed by atoms with E-state index in [9.17, 15) is 18.3 Å². The van der Waals surface area contributed by atoms with Crippen LogP contribution in [0.3, 0.4) is 0 Å². The molecule has 3 N–H and O–H groups in total. The monoisotopic (exact) mass is 495 g/mol. The maximum Gasteiger partial charge on any atom is 0.303 e. The van der Waals surface area contributed by atoms with Crippen LogP contribution in [-0.4, -0.2) is 37.3 Å². The number of hydrogen-bond acceptors (Lipinski definition) is 5. The Kier molecular flexibility index (Phi) is 9.05. The standard InChI is InChI=1S/C27H29NO6S/c1-20-21(9-7-12-25(20)28-35(32,33)24-10-3-2-4-11-24)14-16-23(29)18-19-34-26-13-6-5-8-22(26)15-17-27(30)31/h2-14,16,23,28-29H,15,17-19H2,1H3,(H,30,31)/b16-14+/t23-/m0/s1. The summed E-state index contributed by atoms with van der Waals surface area (Å²) in [4.78, 5) is 11.0. The van der Waals surface area contributed by atoms with E-state index in [-0.39, 0.29) is 17.9 Å². The Labute approximate surface area is 205 Å². The molecule has 0 fully saturated rings. The first-order chi connectivity index (χ1) is 16.8. The number of carbonyl (C=O) groups is 1. The van der Waals surface area contributed by atoms with E-state index in [4.69, 9.17) is 9.84 Å². The fourth-order valence-electron chi connectivity index (χ4n) is 3.44. The van der Waals surface area contributed by atoms with Gasteiger partial charge in [-0.05, 0) is 54.3 Å². The summed E-state index contributed by atoms with van der Waals surface area (Å²) in [5, 5.41) is 19.3. The number of aliphatic hydroxyl groups excluding tert-OH is 1. The molecule has 3 aromatic carbocycles. The van der Waals surface area contributed by atoms with E-state index >= 15 is 0 Å². The van der Waals surface area contributed by atoms with E-state index in [0.29, 0.717) is 24.3 Å². The number of anilines is 1. The highest BCUT2D eigenvalue weighted by Crippen LogP contribution is 2.24. The van der Waals surface area contributed by atoms with Crippen LogP contribution in [0.15, 0.2) is 83.8 Å². The van der Waals surface area contributed by atoms with E-state index in [2.05, 4.69) is 4.72 Å². The molecule has 0 saturated carbocycles. The highest BCUT2D eigenvalue weighted by molar-refractivity contribution is 7.92. The van der Waals surface area contributed by atoms with Crippen LogP contribution in [0.2, 0.25) is 0 Å².